The quantitative estimate of drug-likeness (QED) is 0.169. The molecule has 0 saturated carbocycles. The molecule has 0 radical (unpaired) electrons. The Labute approximate surface area is 203 Å². The molecule has 180 valence electrons. The molecular formula is C27H19NO8. The molecule has 0 aliphatic rings. The van der Waals surface area contributed by atoms with E-state index in [1.807, 2.05) is 6.92 Å². The van der Waals surface area contributed by atoms with Crippen LogP contribution >= 0.6 is 0 Å². The number of hydrogen-bond donors (Lipinski definition) is 0. The Bertz CT molecular complexity index is 1720. The van der Waals surface area contributed by atoms with Crippen molar-refractivity contribution in [2.75, 3.05) is 6.61 Å². The summed E-state index contributed by atoms with van der Waals surface area (Å²) in [7, 11) is 0. The van der Waals surface area contributed by atoms with E-state index in [2.05, 4.69) is 0 Å². The number of non-ortho nitro benzene ring substituents is 1. The zero-order valence-electron chi connectivity index (χ0n) is 19.1. The van der Waals surface area contributed by atoms with Crippen molar-refractivity contribution in [1.29, 1.82) is 0 Å². The minimum Gasteiger partial charge on any atom is -0.490 e. The molecule has 5 rings (SSSR count). The fourth-order valence-electron chi connectivity index (χ4n) is 3.91. The summed E-state index contributed by atoms with van der Waals surface area (Å²) in [6.45, 7) is 2.41. The van der Waals surface area contributed by atoms with Gasteiger partial charge in [0.05, 0.1) is 17.1 Å². The molecule has 0 unspecified atom stereocenters. The molecule has 0 spiro atoms. The molecule has 0 fully saturated rings. The van der Waals surface area contributed by atoms with Crippen LogP contribution in [0, 0.1) is 10.1 Å². The van der Waals surface area contributed by atoms with Crippen molar-refractivity contribution in [2.24, 2.45) is 0 Å². The lowest BCUT2D eigenvalue weighted by molar-refractivity contribution is -0.384. The zero-order chi connectivity index (χ0) is 25.2. The molecule has 3 aromatic carbocycles. The van der Waals surface area contributed by atoms with Gasteiger partial charge in [0.2, 0.25) is 0 Å². The fourth-order valence-corrected chi connectivity index (χ4v) is 3.91. The first kappa shape index (κ1) is 22.9. The summed E-state index contributed by atoms with van der Waals surface area (Å²) in [4.78, 5) is 35.6. The third kappa shape index (κ3) is 4.41. The first-order valence-corrected chi connectivity index (χ1v) is 11.1. The van der Waals surface area contributed by atoms with Crippen LogP contribution in [0.5, 0.6) is 11.5 Å². The van der Waals surface area contributed by atoms with Crippen molar-refractivity contribution in [3.8, 4) is 22.6 Å². The van der Waals surface area contributed by atoms with Gasteiger partial charge in [0.25, 0.3) is 5.69 Å². The van der Waals surface area contributed by atoms with Crippen molar-refractivity contribution >= 4 is 27.6 Å². The van der Waals surface area contributed by atoms with Gasteiger partial charge in [-0.1, -0.05) is 12.1 Å². The van der Waals surface area contributed by atoms with E-state index in [4.69, 9.17) is 18.3 Å². The Kier molecular flexibility index (Phi) is 5.95. The Morgan fingerprint density at radius 3 is 2.44 bits per heavy atom. The SMILES string of the molecule is CCOc1cccc2cc(-c3cc(=O)oc4cc(OCc5ccc([N+](=O)[O-])cc5)ccc34)c(=O)oc12. The Morgan fingerprint density at radius 2 is 1.69 bits per heavy atom. The summed E-state index contributed by atoms with van der Waals surface area (Å²) in [6, 6.07) is 19.2. The number of ether oxygens (including phenoxy) is 2. The van der Waals surface area contributed by atoms with E-state index in [1.165, 1.54) is 18.2 Å². The Balaban J connectivity index is 1.50. The summed E-state index contributed by atoms with van der Waals surface area (Å²) in [5.41, 5.74) is 0.646. The van der Waals surface area contributed by atoms with Gasteiger partial charge >= 0.3 is 11.3 Å². The topological polar surface area (TPSA) is 122 Å². The highest BCUT2D eigenvalue weighted by Gasteiger charge is 2.16. The molecule has 0 aliphatic heterocycles. The van der Waals surface area contributed by atoms with Gasteiger partial charge in [0.1, 0.15) is 17.9 Å². The van der Waals surface area contributed by atoms with Crippen LogP contribution in [-0.4, -0.2) is 11.5 Å². The minimum atomic E-state index is -0.632. The first-order valence-electron chi connectivity index (χ1n) is 11.1. The highest BCUT2D eigenvalue weighted by atomic mass is 16.6. The minimum absolute atomic E-state index is 0.00830. The monoisotopic (exact) mass is 485 g/mol. The summed E-state index contributed by atoms with van der Waals surface area (Å²) in [5, 5.41) is 12.0. The number of benzene rings is 3. The second kappa shape index (κ2) is 9.38. The zero-order valence-corrected chi connectivity index (χ0v) is 19.1. The number of rotatable bonds is 7. The van der Waals surface area contributed by atoms with E-state index < -0.39 is 16.2 Å². The average Bonchev–Trinajstić information content (AvgIpc) is 2.87. The molecule has 2 heterocycles. The van der Waals surface area contributed by atoms with Gasteiger partial charge in [-0.25, -0.2) is 9.59 Å². The Morgan fingerprint density at radius 1 is 0.889 bits per heavy atom. The molecular weight excluding hydrogens is 466 g/mol. The van der Waals surface area contributed by atoms with E-state index in [0.717, 1.165) is 5.56 Å². The third-order valence-electron chi connectivity index (χ3n) is 5.58. The number of nitrogens with zero attached hydrogens (tertiary/aromatic N) is 1. The van der Waals surface area contributed by atoms with E-state index in [-0.39, 0.29) is 23.4 Å². The van der Waals surface area contributed by atoms with Crippen LogP contribution in [0.2, 0.25) is 0 Å². The first-order chi connectivity index (χ1) is 17.4. The maximum atomic E-state index is 12.9. The molecule has 36 heavy (non-hydrogen) atoms. The van der Waals surface area contributed by atoms with Crippen LogP contribution in [0.1, 0.15) is 12.5 Å². The van der Waals surface area contributed by atoms with Crippen molar-refractivity contribution < 1.29 is 23.2 Å². The van der Waals surface area contributed by atoms with E-state index in [0.29, 0.717) is 40.0 Å². The summed E-state index contributed by atoms with van der Waals surface area (Å²) in [5.74, 6) is 0.888. The van der Waals surface area contributed by atoms with E-state index >= 15 is 0 Å². The maximum Gasteiger partial charge on any atom is 0.344 e. The molecule has 0 amide bonds. The lowest BCUT2D eigenvalue weighted by atomic mass is 10.0. The molecule has 0 bridgehead atoms. The van der Waals surface area contributed by atoms with Gasteiger partial charge in [-0.3, -0.25) is 10.1 Å². The normalized spacial score (nSPS) is 11.0. The number of para-hydroxylation sites is 1. The second-order valence-electron chi connectivity index (χ2n) is 7.90. The average molecular weight is 485 g/mol. The van der Waals surface area contributed by atoms with Crippen LogP contribution in [0.15, 0.2) is 91.2 Å². The standard InChI is InChI=1S/C27H19NO8/c1-2-33-23-5-3-4-17-12-22(27(30)36-26(17)23)21-14-25(29)35-24-13-19(10-11-20(21)24)34-15-16-6-8-18(9-7-16)28(31)32/h3-14H,2,15H2,1H3. The number of nitro benzene ring substituents is 1. The maximum absolute atomic E-state index is 12.9. The van der Waals surface area contributed by atoms with Gasteiger partial charge in [-0.2, -0.15) is 0 Å². The largest absolute Gasteiger partial charge is 0.490 e. The number of hydrogen-bond acceptors (Lipinski definition) is 8. The molecule has 9 heteroatoms. The molecule has 9 nitrogen and oxygen atoms in total. The van der Waals surface area contributed by atoms with Crippen molar-refractivity contribution in [3.05, 3.63) is 109 Å². The lowest BCUT2D eigenvalue weighted by Crippen LogP contribution is -2.07. The molecule has 0 aliphatic carbocycles. The van der Waals surface area contributed by atoms with Crippen LogP contribution < -0.4 is 20.7 Å². The molecule has 0 saturated heterocycles. The van der Waals surface area contributed by atoms with Crippen LogP contribution in [0.3, 0.4) is 0 Å². The highest BCUT2D eigenvalue weighted by Crippen LogP contribution is 2.32. The van der Waals surface area contributed by atoms with E-state index in [9.17, 15) is 19.7 Å². The fraction of sp³-hybridized carbons (Fsp3) is 0.111. The number of nitro groups is 1. The van der Waals surface area contributed by atoms with E-state index in [1.54, 1.807) is 54.6 Å². The number of fused-ring (bicyclic) bond motifs is 2. The second-order valence-corrected chi connectivity index (χ2v) is 7.90. The molecule has 0 atom stereocenters. The molecule has 2 aromatic heterocycles. The van der Waals surface area contributed by atoms with Gasteiger partial charge < -0.3 is 18.3 Å². The van der Waals surface area contributed by atoms with Gasteiger partial charge in [0.15, 0.2) is 11.3 Å². The smallest absolute Gasteiger partial charge is 0.344 e. The van der Waals surface area contributed by atoms with Gasteiger partial charge in [-0.15, -0.1) is 0 Å². The highest BCUT2D eigenvalue weighted by molar-refractivity contribution is 5.96. The summed E-state index contributed by atoms with van der Waals surface area (Å²) >= 11 is 0. The van der Waals surface area contributed by atoms with Gasteiger partial charge in [0, 0.05) is 40.6 Å². The molecule has 0 N–H and O–H groups in total. The molecule has 5 aromatic rings. The van der Waals surface area contributed by atoms with Crippen molar-refractivity contribution in [1.82, 2.24) is 0 Å². The Hall–Kier alpha value is -4.92. The third-order valence-corrected chi connectivity index (χ3v) is 5.58. The van der Waals surface area contributed by atoms with Crippen LogP contribution in [-0.2, 0) is 6.61 Å². The lowest BCUT2D eigenvalue weighted by Gasteiger charge is -2.10. The van der Waals surface area contributed by atoms with Crippen molar-refractivity contribution in [2.45, 2.75) is 13.5 Å². The van der Waals surface area contributed by atoms with Gasteiger partial charge in [-0.05, 0) is 48.9 Å². The van der Waals surface area contributed by atoms with Crippen molar-refractivity contribution in [3.63, 3.8) is 0 Å². The summed E-state index contributed by atoms with van der Waals surface area (Å²) < 4.78 is 22.3. The predicted octanol–water partition coefficient (Wildman–Crippen LogP) is 5.45. The summed E-state index contributed by atoms with van der Waals surface area (Å²) in [6.07, 6.45) is 0. The van der Waals surface area contributed by atoms with Crippen LogP contribution in [0.25, 0.3) is 33.1 Å². The van der Waals surface area contributed by atoms with Crippen LogP contribution in [0.4, 0.5) is 5.69 Å². The predicted molar refractivity (Wildman–Crippen MR) is 133 cm³/mol.